The van der Waals surface area contributed by atoms with E-state index in [2.05, 4.69) is 11.6 Å². The number of rotatable bonds is 9. The van der Waals surface area contributed by atoms with Crippen molar-refractivity contribution in [3.8, 4) is 0 Å². The number of anilines is 1. The van der Waals surface area contributed by atoms with Crippen LogP contribution in [0.15, 0.2) is 49.2 Å². The summed E-state index contributed by atoms with van der Waals surface area (Å²) in [6.45, 7) is 7.15. The van der Waals surface area contributed by atoms with E-state index < -0.39 is 0 Å². The Bertz CT molecular complexity index is 657. The minimum atomic E-state index is -0.381. The molecule has 1 atom stereocenters. The van der Waals surface area contributed by atoms with Crippen LogP contribution in [0.1, 0.15) is 17.4 Å². The number of esters is 1. The lowest BCUT2D eigenvalue weighted by Gasteiger charge is -2.28. The van der Waals surface area contributed by atoms with Crippen LogP contribution in [-0.4, -0.2) is 35.0 Å². The number of ether oxygens (including phenoxy) is 1. The molecule has 0 spiro atoms. The number of nitrogen functional groups attached to an aromatic ring is 1. The molecule has 1 heterocycles. The molecule has 0 aliphatic rings. The largest absolute Gasteiger partial charge is 0.465 e. The summed E-state index contributed by atoms with van der Waals surface area (Å²) in [6.07, 6.45) is 4.13. The van der Waals surface area contributed by atoms with Gasteiger partial charge in [0.15, 0.2) is 5.13 Å². The van der Waals surface area contributed by atoms with Crippen LogP contribution < -0.4 is 5.73 Å². The molecule has 5 nitrogen and oxygen atoms in total. The van der Waals surface area contributed by atoms with Crippen molar-refractivity contribution < 1.29 is 9.53 Å². The van der Waals surface area contributed by atoms with Gasteiger partial charge in [-0.25, -0.2) is 4.98 Å². The molecule has 0 saturated heterocycles. The van der Waals surface area contributed by atoms with E-state index in [0.29, 0.717) is 31.2 Å². The van der Waals surface area contributed by atoms with Crippen LogP contribution in [0.4, 0.5) is 5.13 Å². The minimum absolute atomic E-state index is 0.222. The molecule has 2 aromatic rings. The Morgan fingerprint density at radius 3 is 2.79 bits per heavy atom. The predicted molar refractivity (Wildman–Crippen MR) is 97.7 cm³/mol. The Balaban J connectivity index is 2.22. The Labute approximate surface area is 146 Å². The molecule has 1 aromatic carbocycles. The van der Waals surface area contributed by atoms with E-state index in [9.17, 15) is 4.79 Å². The van der Waals surface area contributed by atoms with Gasteiger partial charge in [0.2, 0.25) is 0 Å². The van der Waals surface area contributed by atoms with Crippen LogP contribution in [0.5, 0.6) is 0 Å². The van der Waals surface area contributed by atoms with Crippen molar-refractivity contribution in [1.82, 2.24) is 9.88 Å². The highest BCUT2D eigenvalue weighted by Crippen LogP contribution is 2.20. The molecule has 0 fully saturated rings. The van der Waals surface area contributed by atoms with E-state index in [4.69, 9.17) is 10.5 Å². The molecular weight excluding hydrogens is 322 g/mol. The number of thiazole rings is 1. The van der Waals surface area contributed by atoms with Crippen molar-refractivity contribution in [2.75, 3.05) is 18.9 Å². The first kappa shape index (κ1) is 18.2. The highest BCUT2D eigenvalue weighted by atomic mass is 32.1. The Morgan fingerprint density at radius 2 is 2.21 bits per heavy atom. The van der Waals surface area contributed by atoms with Gasteiger partial charge >= 0.3 is 5.97 Å². The number of carbonyl (C=O) groups excluding carboxylic acids is 1. The lowest BCUT2D eigenvalue weighted by atomic mass is 10.0. The molecule has 6 heteroatoms. The quantitative estimate of drug-likeness (QED) is 0.559. The summed E-state index contributed by atoms with van der Waals surface area (Å²) in [7, 11) is 0. The fraction of sp³-hybridized carbons (Fsp3) is 0.333. The van der Waals surface area contributed by atoms with Gasteiger partial charge in [-0.2, -0.15) is 0 Å². The molecule has 0 saturated carbocycles. The Kier molecular flexibility index (Phi) is 6.96. The number of hydrogen-bond acceptors (Lipinski definition) is 6. The van der Waals surface area contributed by atoms with Crippen molar-refractivity contribution in [2.45, 2.75) is 25.9 Å². The van der Waals surface area contributed by atoms with Gasteiger partial charge in [0, 0.05) is 24.2 Å². The molecule has 0 amide bonds. The van der Waals surface area contributed by atoms with Crippen LogP contribution >= 0.6 is 11.3 Å². The maximum atomic E-state index is 12.5. The second-order valence-electron chi connectivity index (χ2n) is 5.34. The third kappa shape index (κ3) is 5.18. The second kappa shape index (κ2) is 9.20. The van der Waals surface area contributed by atoms with Gasteiger partial charge in [-0.05, 0) is 18.9 Å². The molecule has 0 aliphatic carbocycles. The van der Waals surface area contributed by atoms with Crippen LogP contribution in [-0.2, 0) is 22.5 Å². The van der Waals surface area contributed by atoms with Crippen LogP contribution in [0.25, 0.3) is 0 Å². The van der Waals surface area contributed by atoms with Crippen molar-refractivity contribution in [3.05, 3.63) is 59.6 Å². The maximum Gasteiger partial charge on any atom is 0.323 e. The van der Waals surface area contributed by atoms with Gasteiger partial charge in [0.25, 0.3) is 0 Å². The molecule has 1 unspecified atom stereocenters. The Morgan fingerprint density at radius 1 is 1.46 bits per heavy atom. The van der Waals surface area contributed by atoms with Gasteiger partial charge in [-0.1, -0.05) is 36.4 Å². The zero-order chi connectivity index (χ0) is 17.4. The summed E-state index contributed by atoms with van der Waals surface area (Å²) in [4.78, 5) is 19.7. The molecule has 0 aliphatic heterocycles. The smallest absolute Gasteiger partial charge is 0.323 e. The zero-order valence-electron chi connectivity index (χ0n) is 13.9. The number of carbonyl (C=O) groups is 1. The number of benzene rings is 1. The van der Waals surface area contributed by atoms with E-state index in [0.717, 1.165) is 10.4 Å². The van der Waals surface area contributed by atoms with Crippen LogP contribution in [0, 0.1) is 0 Å². The second-order valence-corrected chi connectivity index (χ2v) is 6.49. The molecule has 2 N–H and O–H groups in total. The van der Waals surface area contributed by atoms with E-state index in [1.54, 1.807) is 12.3 Å². The standard InChI is InChI=1S/C18H23N3O2S/c1-3-10-21(13-15-12-20-18(19)24-15)16(17(22)23-4-2)11-14-8-6-5-7-9-14/h3,5-9,12,16H,1,4,10-11,13H2,2H3,(H2,19,20). The summed E-state index contributed by atoms with van der Waals surface area (Å²) in [6, 6.07) is 9.56. The van der Waals surface area contributed by atoms with E-state index >= 15 is 0 Å². The third-order valence-electron chi connectivity index (χ3n) is 3.57. The lowest BCUT2D eigenvalue weighted by Crippen LogP contribution is -2.43. The van der Waals surface area contributed by atoms with Crippen molar-refractivity contribution in [3.63, 3.8) is 0 Å². The fourth-order valence-corrected chi connectivity index (χ4v) is 3.21. The van der Waals surface area contributed by atoms with Gasteiger partial charge in [-0.15, -0.1) is 17.9 Å². The zero-order valence-corrected chi connectivity index (χ0v) is 14.7. The number of nitrogens with zero attached hydrogens (tertiary/aromatic N) is 2. The average molecular weight is 345 g/mol. The summed E-state index contributed by atoms with van der Waals surface area (Å²) < 4.78 is 5.29. The third-order valence-corrected chi connectivity index (χ3v) is 4.38. The first-order valence-electron chi connectivity index (χ1n) is 7.89. The first-order chi connectivity index (χ1) is 11.6. The molecule has 24 heavy (non-hydrogen) atoms. The van der Waals surface area contributed by atoms with E-state index in [1.807, 2.05) is 42.2 Å². The normalized spacial score (nSPS) is 12.1. The summed E-state index contributed by atoms with van der Waals surface area (Å²) >= 11 is 1.43. The van der Waals surface area contributed by atoms with Crippen molar-refractivity contribution >= 4 is 22.4 Å². The summed E-state index contributed by atoms with van der Waals surface area (Å²) in [5, 5.41) is 0.527. The Hall–Kier alpha value is -2.18. The van der Waals surface area contributed by atoms with Crippen LogP contribution in [0.2, 0.25) is 0 Å². The fourth-order valence-electron chi connectivity index (χ4n) is 2.50. The number of aromatic nitrogens is 1. The minimum Gasteiger partial charge on any atom is -0.465 e. The molecule has 128 valence electrons. The van der Waals surface area contributed by atoms with Crippen molar-refractivity contribution in [2.24, 2.45) is 0 Å². The molecule has 0 radical (unpaired) electrons. The van der Waals surface area contributed by atoms with Gasteiger partial charge < -0.3 is 10.5 Å². The van der Waals surface area contributed by atoms with Gasteiger partial charge in [0.05, 0.1) is 6.61 Å². The SMILES string of the molecule is C=CCN(Cc1cnc(N)s1)C(Cc1ccccc1)C(=O)OCC. The van der Waals surface area contributed by atoms with Gasteiger partial charge in [-0.3, -0.25) is 9.69 Å². The average Bonchev–Trinajstić information content (AvgIpc) is 2.98. The summed E-state index contributed by atoms with van der Waals surface area (Å²) in [5.74, 6) is -0.222. The number of hydrogen-bond donors (Lipinski definition) is 1. The highest BCUT2D eigenvalue weighted by Gasteiger charge is 2.27. The summed E-state index contributed by atoms with van der Waals surface area (Å²) in [5.41, 5.74) is 6.80. The predicted octanol–water partition coefficient (Wildman–Crippen LogP) is 2.89. The topological polar surface area (TPSA) is 68.5 Å². The molecule has 2 rings (SSSR count). The molecule has 0 bridgehead atoms. The van der Waals surface area contributed by atoms with E-state index in [1.165, 1.54) is 11.3 Å². The lowest BCUT2D eigenvalue weighted by molar-refractivity contribution is -0.149. The number of nitrogens with two attached hydrogens (primary N) is 1. The monoisotopic (exact) mass is 345 g/mol. The molecular formula is C18H23N3O2S. The first-order valence-corrected chi connectivity index (χ1v) is 8.71. The van der Waals surface area contributed by atoms with E-state index in [-0.39, 0.29) is 12.0 Å². The maximum absolute atomic E-state index is 12.5. The highest BCUT2D eigenvalue weighted by molar-refractivity contribution is 7.15. The molecule has 1 aromatic heterocycles. The van der Waals surface area contributed by atoms with Crippen molar-refractivity contribution in [1.29, 1.82) is 0 Å². The van der Waals surface area contributed by atoms with Crippen LogP contribution in [0.3, 0.4) is 0 Å². The van der Waals surface area contributed by atoms with Gasteiger partial charge in [0.1, 0.15) is 6.04 Å².